The number of aromatic nitrogens is 1. The lowest BCUT2D eigenvalue weighted by Crippen LogP contribution is -2.24. The number of hydrogen-bond acceptors (Lipinski definition) is 7. The summed E-state index contributed by atoms with van der Waals surface area (Å²) in [7, 11) is 0. The van der Waals surface area contributed by atoms with Gasteiger partial charge in [-0.2, -0.15) is 0 Å². The molecule has 27 heavy (non-hydrogen) atoms. The van der Waals surface area contributed by atoms with Gasteiger partial charge in [0.15, 0.2) is 5.13 Å². The SMILES string of the molecule is CCOC(=O)Cc1csc(NC(=O)COCC(=O)Nc2cccc(C)c2)n1. The Morgan fingerprint density at radius 1 is 1.15 bits per heavy atom. The monoisotopic (exact) mass is 391 g/mol. The van der Waals surface area contributed by atoms with Gasteiger partial charge in [0.05, 0.1) is 18.7 Å². The molecule has 0 saturated heterocycles. The Balaban J connectivity index is 1.69. The highest BCUT2D eigenvalue weighted by molar-refractivity contribution is 7.13. The van der Waals surface area contributed by atoms with E-state index in [0.29, 0.717) is 23.1 Å². The van der Waals surface area contributed by atoms with E-state index < -0.39 is 5.91 Å². The van der Waals surface area contributed by atoms with Gasteiger partial charge in [-0.1, -0.05) is 12.1 Å². The normalized spacial score (nSPS) is 10.3. The fourth-order valence-corrected chi connectivity index (χ4v) is 2.84. The topological polar surface area (TPSA) is 107 Å². The average Bonchev–Trinajstić information content (AvgIpc) is 3.01. The largest absolute Gasteiger partial charge is 0.466 e. The number of amides is 2. The number of nitrogens with one attached hydrogen (secondary N) is 2. The molecule has 0 saturated carbocycles. The molecule has 0 fully saturated rings. The van der Waals surface area contributed by atoms with Gasteiger partial charge in [-0.15, -0.1) is 11.3 Å². The number of rotatable bonds is 9. The van der Waals surface area contributed by atoms with Crippen LogP contribution in [0.3, 0.4) is 0 Å². The summed E-state index contributed by atoms with van der Waals surface area (Å²) in [6.45, 7) is 3.43. The van der Waals surface area contributed by atoms with Gasteiger partial charge in [0, 0.05) is 11.1 Å². The Hall–Kier alpha value is -2.78. The van der Waals surface area contributed by atoms with E-state index in [4.69, 9.17) is 9.47 Å². The molecule has 8 nitrogen and oxygen atoms in total. The van der Waals surface area contributed by atoms with E-state index >= 15 is 0 Å². The second-order valence-corrected chi connectivity index (χ2v) is 6.44. The highest BCUT2D eigenvalue weighted by Gasteiger charge is 2.11. The first kappa shape index (κ1) is 20.5. The van der Waals surface area contributed by atoms with Crippen LogP contribution in [0.1, 0.15) is 18.2 Å². The molecule has 2 aromatic rings. The van der Waals surface area contributed by atoms with Gasteiger partial charge in [0.1, 0.15) is 13.2 Å². The Labute approximate surface area is 160 Å². The summed E-state index contributed by atoms with van der Waals surface area (Å²) in [6.07, 6.45) is 0.0514. The third-order valence-corrected chi connectivity index (χ3v) is 4.00. The summed E-state index contributed by atoms with van der Waals surface area (Å²) >= 11 is 1.20. The number of ether oxygens (including phenoxy) is 2. The molecule has 144 valence electrons. The van der Waals surface area contributed by atoms with Gasteiger partial charge in [0.2, 0.25) is 5.91 Å². The van der Waals surface area contributed by atoms with Crippen molar-refractivity contribution in [1.29, 1.82) is 0 Å². The molecule has 2 amide bonds. The average molecular weight is 391 g/mol. The van der Waals surface area contributed by atoms with E-state index in [1.807, 2.05) is 25.1 Å². The predicted molar refractivity (Wildman–Crippen MR) is 102 cm³/mol. The van der Waals surface area contributed by atoms with Crippen molar-refractivity contribution in [2.75, 3.05) is 30.5 Å². The molecule has 2 rings (SSSR count). The zero-order valence-corrected chi connectivity index (χ0v) is 15.9. The van der Waals surface area contributed by atoms with Crippen molar-refractivity contribution in [2.45, 2.75) is 20.3 Å². The second kappa shape index (κ2) is 10.4. The first-order valence-electron chi connectivity index (χ1n) is 8.30. The van der Waals surface area contributed by atoms with Crippen LogP contribution in [0.4, 0.5) is 10.8 Å². The van der Waals surface area contributed by atoms with E-state index in [0.717, 1.165) is 5.56 Å². The first-order chi connectivity index (χ1) is 13.0. The van der Waals surface area contributed by atoms with E-state index in [9.17, 15) is 14.4 Å². The lowest BCUT2D eigenvalue weighted by molar-refractivity contribution is -0.142. The molecule has 1 aromatic carbocycles. The van der Waals surface area contributed by atoms with Gasteiger partial charge in [-0.25, -0.2) is 4.98 Å². The minimum absolute atomic E-state index is 0.0514. The number of thiazole rings is 1. The molecule has 9 heteroatoms. The van der Waals surface area contributed by atoms with E-state index in [1.54, 1.807) is 18.4 Å². The van der Waals surface area contributed by atoms with E-state index in [-0.39, 0.29) is 31.5 Å². The van der Waals surface area contributed by atoms with Gasteiger partial charge in [-0.3, -0.25) is 19.7 Å². The summed E-state index contributed by atoms with van der Waals surface area (Å²) < 4.78 is 9.96. The molecule has 0 aliphatic heterocycles. The summed E-state index contributed by atoms with van der Waals surface area (Å²) in [4.78, 5) is 39.2. The Bertz CT molecular complexity index is 806. The third kappa shape index (κ3) is 7.55. The molecule has 0 aliphatic carbocycles. The van der Waals surface area contributed by atoms with Crippen LogP contribution >= 0.6 is 11.3 Å². The van der Waals surface area contributed by atoms with Crippen LogP contribution in [0.2, 0.25) is 0 Å². The van der Waals surface area contributed by atoms with Gasteiger partial charge in [0.25, 0.3) is 5.91 Å². The molecule has 0 spiro atoms. The van der Waals surface area contributed by atoms with Crippen LogP contribution < -0.4 is 10.6 Å². The molecule has 0 atom stereocenters. The van der Waals surface area contributed by atoms with Gasteiger partial charge >= 0.3 is 5.97 Å². The molecule has 1 heterocycles. The fraction of sp³-hybridized carbons (Fsp3) is 0.333. The molecule has 2 N–H and O–H groups in total. The molecule has 0 radical (unpaired) electrons. The number of anilines is 2. The Kier molecular flexibility index (Phi) is 7.90. The van der Waals surface area contributed by atoms with Crippen molar-refractivity contribution in [3.05, 3.63) is 40.9 Å². The Morgan fingerprint density at radius 2 is 1.89 bits per heavy atom. The predicted octanol–water partition coefficient (Wildman–Crippen LogP) is 2.15. The van der Waals surface area contributed by atoms with Crippen molar-refractivity contribution in [3.8, 4) is 0 Å². The van der Waals surface area contributed by atoms with Crippen molar-refractivity contribution in [2.24, 2.45) is 0 Å². The Morgan fingerprint density at radius 3 is 2.59 bits per heavy atom. The number of carbonyl (C=O) groups is 3. The highest BCUT2D eigenvalue weighted by Crippen LogP contribution is 2.16. The molecule has 0 unspecified atom stereocenters. The summed E-state index contributed by atoms with van der Waals surface area (Å²) in [5, 5.41) is 7.27. The van der Waals surface area contributed by atoms with Crippen LogP contribution in [0.5, 0.6) is 0 Å². The molecule has 0 aliphatic rings. The van der Waals surface area contributed by atoms with Crippen LogP contribution in [0.25, 0.3) is 0 Å². The number of hydrogen-bond donors (Lipinski definition) is 2. The summed E-state index contributed by atoms with van der Waals surface area (Å²) in [6, 6.07) is 7.37. The maximum absolute atomic E-state index is 11.8. The minimum Gasteiger partial charge on any atom is -0.466 e. The lowest BCUT2D eigenvalue weighted by atomic mass is 10.2. The standard InChI is InChI=1S/C18H21N3O5S/c1-3-26-17(24)8-14-11-27-18(20-14)21-16(23)10-25-9-15(22)19-13-6-4-5-12(2)7-13/h4-7,11H,3,8-10H2,1-2H3,(H,19,22)(H,20,21,23). The smallest absolute Gasteiger partial charge is 0.311 e. The van der Waals surface area contributed by atoms with Crippen molar-refractivity contribution >= 4 is 39.9 Å². The van der Waals surface area contributed by atoms with E-state index in [1.165, 1.54) is 11.3 Å². The summed E-state index contributed by atoms with van der Waals surface area (Å²) in [5.41, 5.74) is 2.22. The fourth-order valence-electron chi connectivity index (χ4n) is 2.12. The lowest BCUT2D eigenvalue weighted by Gasteiger charge is -2.07. The number of esters is 1. The zero-order valence-electron chi connectivity index (χ0n) is 15.1. The molecule has 0 bridgehead atoms. The molecule has 1 aromatic heterocycles. The zero-order chi connectivity index (χ0) is 19.6. The first-order valence-corrected chi connectivity index (χ1v) is 9.18. The molecular formula is C18H21N3O5S. The number of carbonyl (C=O) groups excluding carboxylic acids is 3. The maximum Gasteiger partial charge on any atom is 0.311 e. The second-order valence-electron chi connectivity index (χ2n) is 5.58. The van der Waals surface area contributed by atoms with E-state index in [2.05, 4.69) is 15.6 Å². The quantitative estimate of drug-likeness (QED) is 0.635. The third-order valence-electron chi connectivity index (χ3n) is 3.20. The van der Waals surface area contributed by atoms with Gasteiger partial charge in [-0.05, 0) is 31.5 Å². The number of benzene rings is 1. The van der Waals surface area contributed by atoms with Crippen LogP contribution in [0.15, 0.2) is 29.6 Å². The van der Waals surface area contributed by atoms with Crippen LogP contribution in [-0.4, -0.2) is 42.6 Å². The van der Waals surface area contributed by atoms with Crippen LogP contribution in [-0.2, 0) is 30.3 Å². The van der Waals surface area contributed by atoms with Crippen molar-refractivity contribution in [3.63, 3.8) is 0 Å². The van der Waals surface area contributed by atoms with Crippen LogP contribution in [0, 0.1) is 6.92 Å². The number of aryl methyl sites for hydroxylation is 1. The maximum atomic E-state index is 11.8. The number of nitrogens with zero attached hydrogens (tertiary/aromatic N) is 1. The molecular weight excluding hydrogens is 370 g/mol. The van der Waals surface area contributed by atoms with Crippen molar-refractivity contribution in [1.82, 2.24) is 4.98 Å². The minimum atomic E-state index is -0.435. The van der Waals surface area contributed by atoms with Gasteiger partial charge < -0.3 is 14.8 Å². The highest BCUT2D eigenvalue weighted by atomic mass is 32.1. The van der Waals surface area contributed by atoms with Crippen molar-refractivity contribution < 1.29 is 23.9 Å². The summed E-state index contributed by atoms with van der Waals surface area (Å²) in [5.74, 6) is -1.15.